The van der Waals surface area contributed by atoms with Crippen LogP contribution in [0.15, 0.2) is 0 Å². The number of ether oxygens (including phenoxy) is 1. The summed E-state index contributed by atoms with van der Waals surface area (Å²) in [6.45, 7) is 7.55. The van der Waals surface area contributed by atoms with Crippen molar-refractivity contribution in [3.63, 3.8) is 0 Å². The summed E-state index contributed by atoms with van der Waals surface area (Å²) in [6, 6.07) is 0.273. The third kappa shape index (κ3) is 3.42. The van der Waals surface area contributed by atoms with Gasteiger partial charge in [-0.25, -0.2) is 0 Å². The molecule has 1 fully saturated rings. The molecule has 0 heterocycles. The van der Waals surface area contributed by atoms with E-state index in [1.807, 2.05) is 6.92 Å². The molecule has 0 aromatic heterocycles. The third-order valence-corrected chi connectivity index (χ3v) is 3.62. The summed E-state index contributed by atoms with van der Waals surface area (Å²) >= 11 is 0. The minimum Gasteiger partial charge on any atom is -0.382 e. The molecule has 1 aliphatic rings. The van der Waals surface area contributed by atoms with Gasteiger partial charge in [-0.05, 0) is 46.0 Å². The predicted octanol–water partition coefficient (Wildman–Crippen LogP) is 1.44. The second kappa shape index (κ2) is 6.36. The smallest absolute Gasteiger partial charge is 0.238 e. The molecule has 0 spiro atoms. The van der Waals surface area contributed by atoms with Crippen LogP contribution in [0.1, 0.15) is 46.5 Å². The number of hydrogen-bond donors (Lipinski definition) is 2. The number of rotatable bonds is 7. The molecule has 1 amide bonds. The summed E-state index contributed by atoms with van der Waals surface area (Å²) in [5.74, 6) is 0.110. The highest BCUT2D eigenvalue weighted by atomic mass is 16.5. The normalized spacial score (nSPS) is 28.8. The second-order valence-electron chi connectivity index (χ2n) is 5.21. The van der Waals surface area contributed by atoms with Crippen molar-refractivity contribution in [2.75, 3.05) is 13.2 Å². The van der Waals surface area contributed by atoms with E-state index in [0.29, 0.717) is 5.92 Å². The number of hydrogen-bond acceptors (Lipinski definition) is 3. The van der Waals surface area contributed by atoms with E-state index in [2.05, 4.69) is 19.2 Å². The van der Waals surface area contributed by atoms with Crippen LogP contribution < -0.4 is 11.1 Å². The van der Waals surface area contributed by atoms with Crippen LogP contribution in [0.4, 0.5) is 0 Å². The predicted molar refractivity (Wildman–Crippen MR) is 68.6 cm³/mol. The Hall–Kier alpha value is -0.610. The lowest BCUT2D eigenvalue weighted by atomic mass is 9.83. The SMILES string of the molecule is CCOCCC1CCCC1(NC(C)C)C(N)=O. The van der Waals surface area contributed by atoms with Crippen molar-refractivity contribution >= 4 is 5.91 Å². The average Bonchev–Trinajstić information content (AvgIpc) is 2.62. The lowest BCUT2D eigenvalue weighted by molar-refractivity contribution is -0.126. The van der Waals surface area contributed by atoms with Crippen molar-refractivity contribution in [1.82, 2.24) is 5.32 Å². The zero-order valence-electron chi connectivity index (χ0n) is 11.3. The summed E-state index contributed by atoms with van der Waals surface area (Å²) in [4.78, 5) is 11.8. The van der Waals surface area contributed by atoms with E-state index < -0.39 is 5.54 Å². The van der Waals surface area contributed by atoms with E-state index >= 15 is 0 Å². The molecule has 0 radical (unpaired) electrons. The first-order valence-corrected chi connectivity index (χ1v) is 6.68. The van der Waals surface area contributed by atoms with Crippen molar-refractivity contribution < 1.29 is 9.53 Å². The summed E-state index contributed by atoms with van der Waals surface area (Å²) in [5.41, 5.74) is 5.12. The number of carbonyl (C=O) groups is 1. The molecule has 1 aliphatic carbocycles. The molecular formula is C13H26N2O2. The maximum Gasteiger partial charge on any atom is 0.238 e. The van der Waals surface area contributed by atoms with Gasteiger partial charge in [0.2, 0.25) is 5.91 Å². The lowest BCUT2D eigenvalue weighted by Crippen LogP contribution is -2.60. The minimum absolute atomic E-state index is 0.204. The Morgan fingerprint density at radius 3 is 2.82 bits per heavy atom. The number of amides is 1. The standard InChI is InChI=1S/C13H26N2O2/c1-4-17-9-7-11-6-5-8-13(11,12(14)16)15-10(2)3/h10-11,15H,4-9H2,1-3H3,(H2,14,16). The van der Waals surface area contributed by atoms with Crippen molar-refractivity contribution in [1.29, 1.82) is 0 Å². The van der Waals surface area contributed by atoms with Crippen molar-refractivity contribution in [3.05, 3.63) is 0 Å². The highest BCUT2D eigenvalue weighted by molar-refractivity contribution is 5.85. The second-order valence-corrected chi connectivity index (χ2v) is 5.21. The molecule has 3 N–H and O–H groups in total. The summed E-state index contributed by atoms with van der Waals surface area (Å²) in [6.07, 6.45) is 3.91. The molecule has 4 heteroatoms. The minimum atomic E-state index is -0.509. The Balaban J connectivity index is 2.68. The summed E-state index contributed by atoms with van der Waals surface area (Å²) in [7, 11) is 0. The highest BCUT2D eigenvalue weighted by Gasteiger charge is 2.47. The van der Waals surface area contributed by atoms with Gasteiger partial charge in [-0.15, -0.1) is 0 Å². The molecule has 17 heavy (non-hydrogen) atoms. The third-order valence-electron chi connectivity index (χ3n) is 3.62. The molecule has 100 valence electrons. The quantitative estimate of drug-likeness (QED) is 0.664. The summed E-state index contributed by atoms with van der Waals surface area (Å²) in [5, 5.41) is 3.40. The number of nitrogens with one attached hydrogen (secondary N) is 1. The van der Waals surface area contributed by atoms with E-state index in [0.717, 1.165) is 38.9 Å². The lowest BCUT2D eigenvalue weighted by Gasteiger charge is -2.35. The summed E-state index contributed by atoms with van der Waals surface area (Å²) < 4.78 is 5.39. The Bertz CT molecular complexity index is 256. The van der Waals surface area contributed by atoms with Crippen molar-refractivity contribution in [3.8, 4) is 0 Å². The van der Waals surface area contributed by atoms with Crippen LogP contribution >= 0.6 is 0 Å². The van der Waals surface area contributed by atoms with E-state index in [-0.39, 0.29) is 11.9 Å². The van der Waals surface area contributed by atoms with Crippen LogP contribution in [0.5, 0.6) is 0 Å². The van der Waals surface area contributed by atoms with Gasteiger partial charge in [-0.1, -0.05) is 6.42 Å². The van der Waals surface area contributed by atoms with Gasteiger partial charge in [0.15, 0.2) is 0 Å². The van der Waals surface area contributed by atoms with Gasteiger partial charge < -0.3 is 15.8 Å². The fraction of sp³-hybridized carbons (Fsp3) is 0.923. The van der Waals surface area contributed by atoms with Crippen LogP contribution in [0.25, 0.3) is 0 Å². The van der Waals surface area contributed by atoms with Gasteiger partial charge >= 0.3 is 0 Å². The number of carbonyl (C=O) groups excluding carboxylic acids is 1. The number of nitrogens with two attached hydrogens (primary N) is 1. The zero-order chi connectivity index (χ0) is 12.9. The Morgan fingerprint density at radius 2 is 2.29 bits per heavy atom. The first-order chi connectivity index (χ1) is 8.03. The van der Waals surface area contributed by atoms with E-state index in [1.54, 1.807) is 0 Å². The van der Waals surface area contributed by atoms with Crippen LogP contribution in [0, 0.1) is 5.92 Å². The maximum atomic E-state index is 11.8. The Morgan fingerprint density at radius 1 is 1.59 bits per heavy atom. The van der Waals surface area contributed by atoms with Crippen LogP contribution in [0.3, 0.4) is 0 Å². The largest absolute Gasteiger partial charge is 0.382 e. The van der Waals surface area contributed by atoms with Gasteiger partial charge in [0.05, 0.1) is 0 Å². The number of primary amides is 1. The van der Waals surface area contributed by atoms with Gasteiger partial charge in [-0.3, -0.25) is 4.79 Å². The first kappa shape index (κ1) is 14.5. The van der Waals surface area contributed by atoms with Gasteiger partial charge in [0.25, 0.3) is 0 Å². The van der Waals surface area contributed by atoms with Gasteiger partial charge in [0.1, 0.15) is 5.54 Å². The topological polar surface area (TPSA) is 64.3 Å². The van der Waals surface area contributed by atoms with Crippen LogP contribution in [0.2, 0.25) is 0 Å². The fourth-order valence-corrected chi connectivity index (χ4v) is 2.94. The molecule has 2 unspecified atom stereocenters. The first-order valence-electron chi connectivity index (χ1n) is 6.68. The van der Waals surface area contributed by atoms with E-state index in [4.69, 9.17) is 10.5 Å². The van der Waals surface area contributed by atoms with Crippen LogP contribution in [-0.2, 0) is 9.53 Å². The highest BCUT2D eigenvalue weighted by Crippen LogP contribution is 2.38. The van der Waals surface area contributed by atoms with Crippen molar-refractivity contribution in [2.45, 2.75) is 58.0 Å². The van der Waals surface area contributed by atoms with E-state index in [1.165, 1.54) is 0 Å². The molecule has 1 saturated carbocycles. The monoisotopic (exact) mass is 242 g/mol. The van der Waals surface area contributed by atoms with Gasteiger partial charge in [0, 0.05) is 19.3 Å². The molecule has 0 aromatic rings. The average molecular weight is 242 g/mol. The molecule has 4 nitrogen and oxygen atoms in total. The van der Waals surface area contributed by atoms with Crippen molar-refractivity contribution in [2.24, 2.45) is 11.7 Å². The molecule has 0 aromatic carbocycles. The fourth-order valence-electron chi connectivity index (χ4n) is 2.94. The zero-order valence-corrected chi connectivity index (χ0v) is 11.3. The maximum absolute atomic E-state index is 11.8. The van der Waals surface area contributed by atoms with Gasteiger partial charge in [-0.2, -0.15) is 0 Å². The Kier molecular flexibility index (Phi) is 5.40. The Labute approximate surface area is 104 Å². The van der Waals surface area contributed by atoms with Crippen LogP contribution in [-0.4, -0.2) is 30.7 Å². The molecule has 1 rings (SSSR count). The van der Waals surface area contributed by atoms with E-state index in [9.17, 15) is 4.79 Å². The molecule has 2 atom stereocenters. The molecule has 0 saturated heterocycles. The molecular weight excluding hydrogens is 216 g/mol. The molecule has 0 aliphatic heterocycles. The molecule has 0 bridgehead atoms.